The lowest BCUT2D eigenvalue weighted by Gasteiger charge is -2.11. The number of carboxylic acid groups (broad SMARTS) is 1. The Morgan fingerprint density at radius 3 is 2.58 bits per heavy atom. The van der Waals surface area contributed by atoms with Gasteiger partial charge in [0.2, 0.25) is 0 Å². The molecule has 1 aromatic rings. The zero-order valence-corrected chi connectivity index (χ0v) is 10.3. The minimum Gasteiger partial charge on any atom is -0.490 e. The van der Waals surface area contributed by atoms with Gasteiger partial charge in [0.05, 0.1) is 6.61 Å². The zero-order chi connectivity index (χ0) is 14.5. The maximum absolute atomic E-state index is 11.8. The predicted molar refractivity (Wildman–Crippen MR) is 60.8 cm³/mol. The van der Waals surface area contributed by atoms with Gasteiger partial charge in [-0.05, 0) is 18.2 Å². The first-order valence-electron chi connectivity index (χ1n) is 5.10. The molecule has 0 bridgehead atoms. The number of carboxylic acids is 1. The minimum atomic E-state index is -4.40. The van der Waals surface area contributed by atoms with Gasteiger partial charge in [0.25, 0.3) is 0 Å². The molecule has 0 atom stereocenters. The Hall–Kier alpha value is -1.47. The third kappa shape index (κ3) is 5.80. The highest BCUT2D eigenvalue weighted by Gasteiger charge is 2.27. The van der Waals surface area contributed by atoms with Gasteiger partial charge in [-0.1, -0.05) is 11.6 Å². The summed E-state index contributed by atoms with van der Waals surface area (Å²) in [6.07, 6.45) is -4.40. The van der Waals surface area contributed by atoms with Gasteiger partial charge < -0.3 is 14.6 Å². The first-order valence-corrected chi connectivity index (χ1v) is 5.47. The van der Waals surface area contributed by atoms with Crippen molar-refractivity contribution >= 4 is 17.6 Å². The smallest absolute Gasteiger partial charge is 0.411 e. The standard InChI is InChI=1S/C11H10ClF3O4/c12-7-1-2-8(10(16)17)9(5-7)19-4-3-18-6-11(13,14)15/h1-2,5H,3-4,6H2,(H,16,17). The Bertz CT molecular complexity index is 448. The van der Waals surface area contributed by atoms with Gasteiger partial charge in [-0.3, -0.25) is 0 Å². The molecule has 0 radical (unpaired) electrons. The van der Waals surface area contributed by atoms with Crippen LogP contribution in [0, 0.1) is 0 Å². The van der Waals surface area contributed by atoms with Crippen LogP contribution in [0.15, 0.2) is 18.2 Å². The number of alkyl halides is 3. The summed E-state index contributed by atoms with van der Waals surface area (Å²) < 4.78 is 44.7. The monoisotopic (exact) mass is 298 g/mol. The van der Waals surface area contributed by atoms with Crippen LogP contribution in [0.25, 0.3) is 0 Å². The second kappa shape index (κ2) is 6.63. The Kier molecular flexibility index (Phi) is 5.44. The van der Waals surface area contributed by atoms with Crippen molar-refractivity contribution in [2.75, 3.05) is 19.8 Å². The van der Waals surface area contributed by atoms with Crippen molar-refractivity contribution in [3.8, 4) is 5.75 Å². The van der Waals surface area contributed by atoms with Gasteiger partial charge >= 0.3 is 12.1 Å². The number of aromatic carboxylic acids is 1. The fourth-order valence-electron chi connectivity index (χ4n) is 1.19. The van der Waals surface area contributed by atoms with E-state index in [2.05, 4.69) is 4.74 Å². The van der Waals surface area contributed by atoms with Gasteiger partial charge in [-0.15, -0.1) is 0 Å². The third-order valence-corrected chi connectivity index (χ3v) is 2.16. The molecular formula is C11H10ClF3O4. The van der Waals surface area contributed by atoms with Crippen molar-refractivity contribution in [2.24, 2.45) is 0 Å². The van der Waals surface area contributed by atoms with E-state index >= 15 is 0 Å². The molecule has 8 heteroatoms. The van der Waals surface area contributed by atoms with E-state index in [1.165, 1.54) is 18.2 Å². The van der Waals surface area contributed by atoms with Crippen molar-refractivity contribution in [1.29, 1.82) is 0 Å². The van der Waals surface area contributed by atoms with Crippen molar-refractivity contribution in [1.82, 2.24) is 0 Å². The SMILES string of the molecule is O=C(O)c1ccc(Cl)cc1OCCOCC(F)(F)F. The van der Waals surface area contributed by atoms with Crippen molar-refractivity contribution in [3.63, 3.8) is 0 Å². The molecule has 19 heavy (non-hydrogen) atoms. The molecule has 4 nitrogen and oxygen atoms in total. The molecule has 0 aliphatic carbocycles. The highest BCUT2D eigenvalue weighted by Crippen LogP contribution is 2.23. The molecule has 0 spiro atoms. The van der Waals surface area contributed by atoms with E-state index < -0.39 is 18.8 Å². The number of hydrogen-bond acceptors (Lipinski definition) is 3. The Balaban J connectivity index is 2.49. The van der Waals surface area contributed by atoms with E-state index in [0.717, 1.165) is 0 Å². The fraction of sp³-hybridized carbons (Fsp3) is 0.364. The predicted octanol–water partition coefficient (Wildman–Crippen LogP) is 3.00. The maximum atomic E-state index is 11.8. The summed E-state index contributed by atoms with van der Waals surface area (Å²) in [5, 5.41) is 9.12. The summed E-state index contributed by atoms with van der Waals surface area (Å²) in [4.78, 5) is 10.9. The van der Waals surface area contributed by atoms with Crippen LogP contribution in [0.5, 0.6) is 5.75 Å². The van der Waals surface area contributed by atoms with Crippen LogP contribution in [0.1, 0.15) is 10.4 Å². The second-order valence-corrected chi connectivity index (χ2v) is 3.90. The molecule has 1 rings (SSSR count). The van der Waals surface area contributed by atoms with Gasteiger partial charge in [-0.25, -0.2) is 4.79 Å². The summed E-state index contributed by atoms with van der Waals surface area (Å²) in [5.41, 5.74) is -0.125. The van der Waals surface area contributed by atoms with Crippen molar-refractivity contribution in [3.05, 3.63) is 28.8 Å². The molecule has 0 aliphatic heterocycles. The summed E-state index contributed by atoms with van der Waals surface area (Å²) >= 11 is 5.67. The molecule has 0 unspecified atom stereocenters. The van der Waals surface area contributed by atoms with Crippen LogP contribution >= 0.6 is 11.6 Å². The van der Waals surface area contributed by atoms with Gasteiger partial charge in [0.15, 0.2) is 0 Å². The van der Waals surface area contributed by atoms with E-state index in [-0.39, 0.29) is 29.5 Å². The van der Waals surface area contributed by atoms with Crippen LogP contribution < -0.4 is 4.74 Å². The van der Waals surface area contributed by atoms with Gasteiger partial charge in [0.1, 0.15) is 24.5 Å². The van der Waals surface area contributed by atoms with Crippen molar-refractivity contribution < 1.29 is 32.5 Å². The van der Waals surface area contributed by atoms with Crippen LogP contribution in [0.4, 0.5) is 13.2 Å². The number of halogens is 4. The summed E-state index contributed by atoms with van der Waals surface area (Å²) in [7, 11) is 0. The first-order chi connectivity index (χ1) is 8.79. The molecule has 106 valence electrons. The Labute approximate surface area is 111 Å². The number of hydrogen-bond donors (Lipinski definition) is 1. The van der Waals surface area contributed by atoms with Crippen molar-refractivity contribution in [2.45, 2.75) is 6.18 Å². The molecule has 1 aromatic carbocycles. The number of rotatable bonds is 6. The minimum absolute atomic E-state index is 0.0180. The number of benzene rings is 1. The lowest BCUT2D eigenvalue weighted by atomic mass is 10.2. The zero-order valence-electron chi connectivity index (χ0n) is 9.54. The average molecular weight is 299 g/mol. The first kappa shape index (κ1) is 15.6. The Morgan fingerprint density at radius 2 is 2.00 bits per heavy atom. The number of carbonyl (C=O) groups is 1. The largest absolute Gasteiger partial charge is 0.490 e. The Morgan fingerprint density at radius 1 is 1.32 bits per heavy atom. The highest BCUT2D eigenvalue weighted by atomic mass is 35.5. The van der Waals surface area contributed by atoms with Crippen LogP contribution in [0.2, 0.25) is 5.02 Å². The molecule has 1 N–H and O–H groups in total. The molecule has 0 saturated heterocycles. The quantitative estimate of drug-likeness (QED) is 0.820. The normalized spacial score (nSPS) is 11.4. The van der Waals surface area contributed by atoms with E-state index in [0.29, 0.717) is 0 Å². The molecular weight excluding hydrogens is 289 g/mol. The summed E-state index contributed by atoms with van der Waals surface area (Å²) in [6, 6.07) is 3.89. The fourth-order valence-corrected chi connectivity index (χ4v) is 1.35. The maximum Gasteiger partial charge on any atom is 0.411 e. The van der Waals surface area contributed by atoms with Crippen LogP contribution in [-0.4, -0.2) is 37.1 Å². The molecule has 0 aromatic heterocycles. The summed E-state index contributed by atoms with van der Waals surface area (Å²) in [5.74, 6) is -1.24. The number of ether oxygens (including phenoxy) is 2. The van der Waals surface area contributed by atoms with Crippen LogP contribution in [-0.2, 0) is 4.74 Å². The van der Waals surface area contributed by atoms with Gasteiger partial charge in [0, 0.05) is 5.02 Å². The summed E-state index contributed by atoms with van der Waals surface area (Å²) in [6.45, 7) is -1.90. The van der Waals surface area contributed by atoms with E-state index in [4.69, 9.17) is 21.4 Å². The lowest BCUT2D eigenvalue weighted by molar-refractivity contribution is -0.175. The topological polar surface area (TPSA) is 55.8 Å². The molecule has 0 fully saturated rings. The molecule has 0 amide bonds. The van der Waals surface area contributed by atoms with E-state index in [1.807, 2.05) is 0 Å². The van der Waals surface area contributed by atoms with Crippen LogP contribution in [0.3, 0.4) is 0 Å². The second-order valence-electron chi connectivity index (χ2n) is 3.46. The highest BCUT2D eigenvalue weighted by molar-refractivity contribution is 6.30. The van der Waals surface area contributed by atoms with Gasteiger partial charge in [-0.2, -0.15) is 13.2 Å². The van der Waals surface area contributed by atoms with E-state index in [9.17, 15) is 18.0 Å². The molecule has 0 heterocycles. The lowest BCUT2D eigenvalue weighted by Crippen LogP contribution is -2.19. The average Bonchev–Trinajstić information content (AvgIpc) is 2.26. The molecule has 0 aliphatic rings. The third-order valence-electron chi connectivity index (χ3n) is 1.93. The molecule has 0 saturated carbocycles. The van der Waals surface area contributed by atoms with E-state index in [1.54, 1.807) is 0 Å².